The Morgan fingerprint density at radius 1 is 1.42 bits per heavy atom. The molecule has 0 fully saturated rings. The molecule has 4 nitrogen and oxygen atoms in total. The van der Waals surface area contributed by atoms with Gasteiger partial charge in [0.1, 0.15) is 0 Å². The second-order valence-electron chi connectivity index (χ2n) is 4.70. The van der Waals surface area contributed by atoms with Crippen molar-refractivity contribution in [3.05, 3.63) is 27.7 Å². The monoisotopic (exact) mass is 304 g/mol. The van der Waals surface area contributed by atoms with Crippen LogP contribution in [0.5, 0.6) is 0 Å². The quantitative estimate of drug-likeness (QED) is 0.732. The van der Waals surface area contributed by atoms with Crippen LogP contribution in [0.4, 0.5) is 5.69 Å². The SMILES string of the molecule is CC(C)C(CCO)NC(=O)c1cc(N)cc(Cl)c1Cl. The molecule has 0 spiro atoms. The summed E-state index contributed by atoms with van der Waals surface area (Å²) in [7, 11) is 0. The van der Waals surface area contributed by atoms with E-state index in [2.05, 4.69) is 5.32 Å². The minimum absolute atomic E-state index is 0.00848. The zero-order valence-electron chi connectivity index (χ0n) is 10.9. The molecule has 0 aromatic heterocycles. The van der Waals surface area contributed by atoms with E-state index in [-0.39, 0.29) is 40.1 Å². The largest absolute Gasteiger partial charge is 0.399 e. The summed E-state index contributed by atoms with van der Waals surface area (Å²) in [5.41, 5.74) is 6.28. The molecule has 1 amide bonds. The second-order valence-corrected chi connectivity index (χ2v) is 5.49. The van der Waals surface area contributed by atoms with Crippen LogP contribution in [-0.4, -0.2) is 23.7 Å². The Labute approximate surface area is 122 Å². The van der Waals surface area contributed by atoms with E-state index in [9.17, 15) is 4.79 Å². The van der Waals surface area contributed by atoms with Crippen LogP contribution in [0, 0.1) is 5.92 Å². The van der Waals surface area contributed by atoms with E-state index in [0.29, 0.717) is 12.1 Å². The third kappa shape index (κ3) is 4.27. The molecule has 0 bridgehead atoms. The van der Waals surface area contributed by atoms with Crippen molar-refractivity contribution in [2.45, 2.75) is 26.3 Å². The number of nitrogen functional groups attached to an aromatic ring is 1. The van der Waals surface area contributed by atoms with Crippen LogP contribution in [0.25, 0.3) is 0 Å². The van der Waals surface area contributed by atoms with Gasteiger partial charge in [-0.2, -0.15) is 0 Å². The maximum absolute atomic E-state index is 12.2. The Hall–Kier alpha value is -0.970. The van der Waals surface area contributed by atoms with Crippen LogP contribution in [0.2, 0.25) is 10.0 Å². The van der Waals surface area contributed by atoms with Gasteiger partial charge in [0.25, 0.3) is 5.91 Å². The first-order valence-electron chi connectivity index (χ1n) is 6.03. The number of benzene rings is 1. The fraction of sp³-hybridized carbons (Fsp3) is 0.462. The number of aliphatic hydroxyl groups is 1. The molecule has 0 saturated heterocycles. The first-order chi connectivity index (χ1) is 8.86. The van der Waals surface area contributed by atoms with Crippen LogP contribution in [-0.2, 0) is 0 Å². The van der Waals surface area contributed by atoms with Crippen LogP contribution < -0.4 is 11.1 Å². The van der Waals surface area contributed by atoms with Crippen LogP contribution >= 0.6 is 23.2 Å². The smallest absolute Gasteiger partial charge is 0.253 e. The molecule has 1 rings (SSSR count). The molecule has 0 heterocycles. The molecule has 1 unspecified atom stereocenters. The molecule has 0 aliphatic heterocycles. The number of anilines is 1. The van der Waals surface area contributed by atoms with Gasteiger partial charge in [0, 0.05) is 18.3 Å². The number of amides is 1. The number of nitrogens with one attached hydrogen (secondary N) is 1. The first kappa shape index (κ1) is 16.1. The maximum Gasteiger partial charge on any atom is 0.253 e. The minimum Gasteiger partial charge on any atom is -0.399 e. The predicted molar refractivity (Wildman–Crippen MR) is 78.7 cm³/mol. The Bertz CT molecular complexity index is 464. The lowest BCUT2D eigenvalue weighted by atomic mass is 10.0. The summed E-state index contributed by atoms with van der Waals surface area (Å²) in [6, 6.07) is 2.85. The summed E-state index contributed by atoms with van der Waals surface area (Å²) in [4.78, 5) is 12.2. The van der Waals surface area contributed by atoms with Gasteiger partial charge >= 0.3 is 0 Å². The number of nitrogens with two attached hydrogens (primary N) is 1. The van der Waals surface area contributed by atoms with Gasteiger partial charge in [0.15, 0.2) is 0 Å². The summed E-state index contributed by atoms with van der Waals surface area (Å²) in [6.07, 6.45) is 0.483. The number of carbonyl (C=O) groups is 1. The number of hydrogen-bond donors (Lipinski definition) is 3. The van der Waals surface area contributed by atoms with Gasteiger partial charge < -0.3 is 16.2 Å². The maximum atomic E-state index is 12.2. The number of hydrogen-bond acceptors (Lipinski definition) is 3. The lowest BCUT2D eigenvalue weighted by molar-refractivity contribution is 0.0917. The third-order valence-electron chi connectivity index (χ3n) is 2.86. The van der Waals surface area contributed by atoms with Gasteiger partial charge in [-0.1, -0.05) is 37.0 Å². The molecule has 1 atom stereocenters. The third-order valence-corrected chi connectivity index (χ3v) is 3.66. The van der Waals surface area contributed by atoms with Gasteiger partial charge in [0.05, 0.1) is 15.6 Å². The van der Waals surface area contributed by atoms with Gasteiger partial charge in [-0.05, 0) is 24.5 Å². The number of carbonyl (C=O) groups excluding carboxylic acids is 1. The number of halogens is 2. The molecule has 0 aliphatic rings. The van der Waals surface area contributed by atoms with Gasteiger partial charge in [-0.3, -0.25) is 4.79 Å². The van der Waals surface area contributed by atoms with E-state index in [1.807, 2.05) is 13.8 Å². The molecule has 6 heteroatoms. The van der Waals surface area contributed by atoms with Gasteiger partial charge in [0.2, 0.25) is 0 Å². The Kier molecular flexibility index (Phi) is 5.91. The van der Waals surface area contributed by atoms with E-state index in [1.54, 1.807) is 0 Å². The van der Waals surface area contributed by atoms with Crippen LogP contribution in [0.1, 0.15) is 30.6 Å². The molecule has 1 aromatic rings. The van der Waals surface area contributed by atoms with Gasteiger partial charge in [-0.25, -0.2) is 0 Å². The van der Waals surface area contributed by atoms with Crippen molar-refractivity contribution in [1.29, 1.82) is 0 Å². The average molecular weight is 305 g/mol. The summed E-state index contributed by atoms with van der Waals surface area (Å²) in [6.45, 7) is 3.94. The van der Waals surface area contributed by atoms with Crippen molar-refractivity contribution < 1.29 is 9.90 Å². The molecule has 0 aliphatic carbocycles. The van der Waals surface area contributed by atoms with E-state index < -0.39 is 0 Å². The van der Waals surface area contributed by atoms with Crippen molar-refractivity contribution in [3.63, 3.8) is 0 Å². The van der Waals surface area contributed by atoms with Crippen molar-refractivity contribution in [3.8, 4) is 0 Å². The number of aliphatic hydroxyl groups excluding tert-OH is 1. The molecule has 1 aromatic carbocycles. The lowest BCUT2D eigenvalue weighted by Gasteiger charge is -2.22. The first-order valence-corrected chi connectivity index (χ1v) is 6.78. The van der Waals surface area contributed by atoms with Crippen molar-refractivity contribution in [2.24, 2.45) is 5.92 Å². The summed E-state index contributed by atoms with van der Waals surface area (Å²) < 4.78 is 0. The van der Waals surface area contributed by atoms with Crippen molar-refractivity contribution >= 4 is 34.8 Å². The molecule has 106 valence electrons. The van der Waals surface area contributed by atoms with E-state index in [1.165, 1.54) is 12.1 Å². The highest BCUT2D eigenvalue weighted by Crippen LogP contribution is 2.28. The minimum atomic E-state index is -0.341. The Balaban J connectivity index is 2.94. The highest BCUT2D eigenvalue weighted by molar-refractivity contribution is 6.44. The average Bonchev–Trinajstić information content (AvgIpc) is 2.32. The zero-order chi connectivity index (χ0) is 14.6. The highest BCUT2D eigenvalue weighted by Gasteiger charge is 2.19. The topological polar surface area (TPSA) is 75.3 Å². The van der Waals surface area contributed by atoms with Crippen molar-refractivity contribution in [2.75, 3.05) is 12.3 Å². The zero-order valence-corrected chi connectivity index (χ0v) is 12.4. The van der Waals surface area contributed by atoms with Crippen LogP contribution in [0.15, 0.2) is 12.1 Å². The Morgan fingerprint density at radius 3 is 2.58 bits per heavy atom. The predicted octanol–water partition coefficient (Wildman–Crippen LogP) is 2.71. The van der Waals surface area contributed by atoms with Crippen LogP contribution in [0.3, 0.4) is 0 Å². The molecule has 4 N–H and O–H groups in total. The fourth-order valence-corrected chi connectivity index (χ4v) is 2.16. The van der Waals surface area contributed by atoms with E-state index >= 15 is 0 Å². The standard InChI is InChI=1S/C13H18Cl2N2O2/c1-7(2)11(3-4-18)17-13(19)9-5-8(16)6-10(14)12(9)15/h5-7,11,18H,3-4,16H2,1-2H3,(H,17,19). The van der Waals surface area contributed by atoms with E-state index in [0.717, 1.165) is 0 Å². The summed E-state index contributed by atoms with van der Waals surface area (Å²) >= 11 is 11.9. The summed E-state index contributed by atoms with van der Waals surface area (Å²) in [5, 5.41) is 12.3. The fourth-order valence-electron chi connectivity index (χ4n) is 1.73. The van der Waals surface area contributed by atoms with E-state index in [4.69, 9.17) is 34.0 Å². The normalized spacial score (nSPS) is 12.5. The number of rotatable bonds is 5. The molecule has 0 radical (unpaired) electrons. The van der Waals surface area contributed by atoms with Gasteiger partial charge in [-0.15, -0.1) is 0 Å². The molecular weight excluding hydrogens is 287 g/mol. The second kappa shape index (κ2) is 6.98. The Morgan fingerprint density at radius 2 is 2.05 bits per heavy atom. The molecular formula is C13H18Cl2N2O2. The highest BCUT2D eigenvalue weighted by atomic mass is 35.5. The molecule has 19 heavy (non-hydrogen) atoms. The summed E-state index contributed by atoms with van der Waals surface area (Å²) in [5.74, 6) is -0.141. The molecule has 0 saturated carbocycles. The lowest BCUT2D eigenvalue weighted by Crippen LogP contribution is -2.39. The van der Waals surface area contributed by atoms with Crippen molar-refractivity contribution in [1.82, 2.24) is 5.32 Å².